The monoisotopic (exact) mass is 170 g/mol. The fourth-order valence-corrected chi connectivity index (χ4v) is 0.998. The van der Waals surface area contributed by atoms with Gasteiger partial charge in [0.05, 0.1) is 5.92 Å². The molecule has 0 aromatic rings. The number of hydrogen-bond acceptors (Lipinski definition) is 2. The van der Waals surface area contributed by atoms with Gasteiger partial charge in [-0.2, -0.15) is 0 Å². The third-order valence-electron chi connectivity index (χ3n) is 2.50. The van der Waals surface area contributed by atoms with Gasteiger partial charge in [0.2, 0.25) is 5.91 Å². The third kappa shape index (κ3) is 2.21. The van der Waals surface area contributed by atoms with Crippen molar-refractivity contribution in [2.75, 3.05) is 13.1 Å². The first kappa shape index (κ1) is 9.52. The van der Waals surface area contributed by atoms with Gasteiger partial charge in [0.1, 0.15) is 0 Å². The summed E-state index contributed by atoms with van der Waals surface area (Å²) in [5.41, 5.74) is -0.0489. The van der Waals surface area contributed by atoms with E-state index in [9.17, 15) is 4.79 Å². The molecule has 3 nitrogen and oxygen atoms in total. The molecule has 1 aliphatic heterocycles. The lowest BCUT2D eigenvalue weighted by Crippen LogP contribution is -2.55. The van der Waals surface area contributed by atoms with Crippen molar-refractivity contribution in [2.24, 2.45) is 5.92 Å². The predicted octanol–water partition coefficient (Wildman–Crippen LogP) is 0.511. The number of carbonyl (C=O) groups is 1. The van der Waals surface area contributed by atoms with Gasteiger partial charge in [-0.15, -0.1) is 0 Å². The van der Waals surface area contributed by atoms with Crippen LogP contribution in [0, 0.1) is 5.92 Å². The Morgan fingerprint density at radius 3 is 2.50 bits per heavy atom. The molecule has 0 atom stereocenters. The Labute approximate surface area is 73.9 Å². The van der Waals surface area contributed by atoms with Gasteiger partial charge in [0.15, 0.2) is 0 Å². The van der Waals surface area contributed by atoms with Crippen molar-refractivity contribution in [3.8, 4) is 0 Å². The molecule has 1 amide bonds. The molecule has 12 heavy (non-hydrogen) atoms. The van der Waals surface area contributed by atoms with Crippen LogP contribution in [0.3, 0.4) is 0 Å². The summed E-state index contributed by atoms with van der Waals surface area (Å²) in [7, 11) is 0. The summed E-state index contributed by atoms with van der Waals surface area (Å²) in [6.07, 6.45) is 0.971. The maximum Gasteiger partial charge on any atom is 0.226 e. The Balaban J connectivity index is 2.34. The highest BCUT2D eigenvalue weighted by Gasteiger charge is 2.28. The average molecular weight is 170 g/mol. The maximum atomic E-state index is 11.4. The van der Waals surface area contributed by atoms with E-state index in [0.29, 0.717) is 0 Å². The zero-order valence-corrected chi connectivity index (χ0v) is 8.11. The second kappa shape index (κ2) is 3.44. The molecule has 1 aliphatic rings. The van der Waals surface area contributed by atoms with E-state index in [0.717, 1.165) is 19.5 Å². The van der Waals surface area contributed by atoms with Crippen molar-refractivity contribution in [2.45, 2.75) is 32.7 Å². The summed E-state index contributed by atoms with van der Waals surface area (Å²) in [5.74, 6) is 0.399. The van der Waals surface area contributed by atoms with Crippen LogP contribution in [0.4, 0.5) is 0 Å². The fourth-order valence-electron chi connectivity index (χ4n) is 0.998. The zero-order valence-electron chi connectivity index (χ0n) is 8.11. The van der Waals surface area contributed by atoms with Gasteiger partial charge >= 0.3 is 0 Å². The first-order valence-corrected chi connectivity index (χ1v) is 4.58. The SMILES string of the molecule is CCC(C)(C)NC(=O)C1CNC1. The van der Waals surface area contributed by atoms with Crippen LogP contribution in [0.15, 0.2) is 0 Å². The molecule has 0 aromatic heterocycles. The van der Waals surface area contributed by atoms with Crippen LogP contribution in [-0.2, 0) is 4.79 Å². The third-order valence-corrected chi connectivity index (χ3v) is 2.50. The van der Waals surface area contributed by atoms with E-state index >= 15 is 0 Å². The molecule has 0 aromatic carbocycles. The summed E-state index contributed by atoms with van der Waals surface area (Å²) < 4.78 is 0. The molecule has 0 spiro atoms. The molecule has 1 heterocycles. The molecule has 3 heteroatoms. The van der Waals surface area contributed by atoms with Gasteiger partial charge in [0.25, 0.3) is 0 Å². The van der Waals surface area contributed by atoms with E-state index in [1.807, 2.05) is 0 Å². The summed E-state index contributed by atoms with van der Waals surface area (Å²) in [6.45, 7) is 7.87. The molecule has 0 bridgehead atoms. The van der Waals surface area contributed by atoms with Crippen LogP contribution in [0.5, 0.6) is 0 Å². The van der Waals surface area contributed by atoms with Crippen molar-refractivity contribution in [1.82, 2.24) is 10.6 Å². The van der Waals surface area contributed by atoms with E-state index < -0.39 is 0 Å². The molecule has 0 unspecified atom stereocenters. The molecule has 2 N–H and O–H groups in total. The summed E-state index contributed by atoms with van der Waals surface area (Å²) in [4.78, 5) is 11.4. The van der Waals surface area contributed by atoms with Crippen LogP contribution >= 0.6 is 0 Å². The Morgan fingerprint density at radius 2 is 2.17 bits per heavy atom. The minimum Gasteiger partial charge on any atom is -0.351 e. The summed E-state index contributed by atoms with van der Waals surface area (Å²) >= 11 is 0. The number of nitrogens with one attached hydrogen (secondary N) is 2. The van der Waals surface area contributed by atoms with Gasteiger partial charge in [-0.25, -0.2) is 0 Å². The molecule has 1 fully saturated rings. The highest BCUT2D eigenvalue weighted by molar-refractivity contribution is 5.80. The van der Waals surface area contributed by atoms with Crippen LogP contribution in [0.1, 0.15) is 27.2 Å². The van der Waals surface area contributed by atoms with Gasteiger partial charge in [-0.3, -0.25) is 4.79 Å². The number of amides is 1. The molecule has 0 saturated carbocycles. The van der Waals surface area contributed by atoms with Crippen LogP contribution in [0.25, 0.3) is 0 Å². The first-order valence-electron chi connectivity index (χ1n) is 4.58. The second-order valence-electron chi connectivity index (χ2n) is 4.08. The van der Waals surface area contributed by atoms with Crippen molar-refractivity contribution in [3.63, 3.8) is 0 Å². The lowest BCUT2D eigenvalue weighted by molar-refractivity contribution is -0.128. The van der Waals surface area contributed by atoms with E-state index in [1.54, 1.807) is 0 Å². The largest absolute Gasteiger partial charge is 0.351 e. The number of hydrogen-bond donors (Lipinski definition) is 2. The Morgan fingerprint density at radius 1 is 1.58 bits per heavy atom. The van der Waals surface area contributed by atoms with Crippen LogP contribution in [-0.4, -0.2) is 24.5 Å². The van der Waals surface area contributed by atoms with Crippen molar-refractivity contribution in [1.29, 1.82) is 0 Å². The molecule has 1 rings (SSSR count). The minimum atomic E-state index is -0.0489. The Bertz CT molecular complexity index is 173. The molecule has 0 aliphatic carbocycles. The lowest BCUT2D eigenvalue weighted by Gasteiger charge is -2.31. The molecular formula is C9H18N2O. The lowest BCUT2D eigenvalue weighted by atomic mass is 9.97. The fraction of sp³-hybridized carbons (Fsp3) is 0.889. The Kier molecular flexibility index (Phi) is 2.73. The summed E-state index contributed by atoms with van der Waals surface area (Å²) in [6, 6.07) is 0. The molecule has 1 saturated heterocycles. The number of rotatable bonds is 3. The first-order chi connectivity index (χ1) is 5.55. The van der Waals surface area contributed by atoms with E-state index in [-0.39, 0.29) is 17.4 Å². The predicted molar refractivity (Wildman–Crippen MR) is 48.9 cm³/mol. The van der Waals surface area contributed by atoms with Crippen molar-refractivity contribution >= 4 is 5.91 Å². The highest BCUT2D eigenvalue weighted by atomic mass is 16.2. The van der Waals surface area contributed by atoms with E-state index in [4.69, 9.17) is 0 Å². The van der Waals surface area contributed by atoms with Gasteiger partial charge in [0, 0.05) is 18.6 Å². The zero-order chi connectivity index (χ0) is 9.19. The van der Waals surface area contributed by atoms with Crippen molar-refractivity contribution < 1.29 is 4.79 Å². The van der Waals surface area contributed by atoms with Crippen LogP contribution in [0.2, 0.25) is 0 Å². The quantitative estimate of drug-likeness (QED) is 0.648. The normalized spacial score (nSPS) is 18.6. The standard InChI is InChI=1S/C9H18N2O/c1-4-9(2,3)11-8(12)7-5-10-6-7/h7,10H,4-6H2,1-3H3,(H,11,12). The summed E-state index contributed by atoms with van der Waals surface area (Å²) in [5, 5.41) is 6.11. The Hall–Kier alpha value is -0.570. The topological polar surface area (TPSA) is 41.1 Å². The van der Waals surface area contributed by atoms with Gasteiger partial charge in [-0.05, 0) is 20.3 Å². The average Bonchev–Trinajstić information content (AvgIpc) is 1.82. The second-order valence-corrected chi connectivity index (χ2v) is 4.08. The van der Waals surface area contributed by atoms with Gasteiger partial charge < -0.3 is 10.6 Å². The van der Waals surface area contributed by atoms with E-state index in [1.165, 1.54) is 0 Å². The number of carbonyl (C=O) groups excluding carboxylic acids is 1. The highest BCUT2D eigenvalue weighted by Crippen LogP contribution is 2.10. The molecule has 0 radical (unpaired) electrons. The van der Waals surface area contributed by atoms with Crippen LogP contribution < -0.4 is 10.6 Å². The maximum absolute atomic E-state index is 11.4. The minimum absolute atomic E-state index is 0.0489. The molecule has 70 valence electrons. The van der Waals surface area contributed by atoms with Gasteiger partial charge in [-0.1, -0.05) is 6.92 Å². The smallest absolute Gasteiger partial charge is 0.226 e. The molecular weight excluding hydrogens is 152 g/mol. The van der Waals surface area contributed by atoms with E-state index in [2.05, 4.69) is 31.4 Å². The van der Waals surface area contributed by atoms with Crippen molar-refractivity contribution in [3.05, 3.63) is 0 Å².